The second-order valence-electron chi connectivity index (χ2n) is 5.29. The zero-order valence-electron chi connectivity index (χ0n) is 12.4. The molecular formula is C14H15F3N4O2. The third-order valence-electron chi connectivity index (χ3n) is 3.89. The number of hydrogen-bond donors (Lipinski definition) is 0. The van der Waals surface area contributed by atoms with Gasteiger partial charge >= 0.3 is 6.18 Å². The third-order valence-corrected chi connectivity index (χ3v) is 3.89. The molecule has 0 spiro atoms. The molecule has 1 aromatic rings. The second-order valence-corrected chi connectivity index (χ2v) is 5.29. The Hall–Kier alpha value is -2.34. The molecule has 1 aliphatic heterocycles. The van der Waals surface area contributed by atoms with Crippen molar-refractivity contribution in [1.82, 2.24) is 4.90 Å². The van der Waals surface area contributed by atoms with E-state index in [0.717, 1.165) is 12.1 Å². The number of nitro groups is 1. The largest absolute Gasteiger partial charge is 0.416 e. The number of benzene rings is 1. The van der Waals surface area contributed by atoms with E-state index in [9.17, 15) is 23.3 Å². The zero-order valence-corrected chi connectivity index (χ0v) is 12.4. The number of nitro benzene ring substituents is 1. The van der Waals surface area contributed by atoms with E-state index < -0.39 is 22.4 Å². The molecule has 0 aromatic heterocycles. The van der Waals surface area contributed by atoms with Gasteiger partial charge in [0.2, 0.25) is 0 Å². The average Bonchev–Trinajstić information content (AvgIpc) is 2.52. The molecule has 23 heavy (non-hydrogen) atoms. The first-order chi connectivity index (χ1) is 10.7. The summed E-state index contributed by atoms with van der Waals surface area (Å²) >= 11 is 0. The van der Waals surface area contributed by atoms with E-state index in [1.54, 1.807) is 11.8 Å². The molecule has 1 aliphatic rings. The average molecular weight is 328 g/mol. The minimum atomic E-state index is -4.62. The van der Waals surface area contributed by atoms with Crippen molar-refractivity contribution in [2.45, 2.75) is 19.1 Å². The van der Waals surface area contributed by atoms with Crippen LogP contribution in [-0.2, 0) is 6.18 Å². The minimum Gasteiger partial charge on any atom is -0.363 e. The molecule has 0 aliphatic carbocycles. The summed E-state index contributed by atoms with van der Waals surface area (Å²) in [4.78, 5) is 13.9. The summed E-state index contributed by atoms with van der Waals surface area (Å²) < 4.78 is 38.1. The van der Waals surface area contributed by atoms with Gasteiger partial charge < -0.3 is 4.90 Å². The monoisotopic (exact) mass is 328 g/mol. The maximum Gasteiger partial charge on any atom is 0.416 e. The molecule has 0 radical (unpaired) electrons. The minimum absolute atomic E-state index is 0.173. The molecule has 1 atom stereocenters. The number of nitriles is 1. The van der Waals surface area contributed by atoms with Crippen molar-refractivity contribution in [3.63, 3.8) is 0 Å². The maximum atomic E-state index is 12.7. The van der Waals surface area contributed by atoms with Crippen LogP contribution in [0.2, 0.25) is 0 Å². The Kier molecular flexibility index (Phi) is 4.75. The molecule has 6 nitrogen and oxygen atoms in total. The van der Waals surface area contributed by atoms with Crippen LogP contribution >= 0.6 is 0 Å². The van der Waals surface area contributed by atoms with Crippen LogP contribution in [0.4, 0.5) is 24.5 Å². The highest BCUT2D eigenvalue weighted by molar-refractivity contribution is 5.65. The van der Waals surface area contributed by atoms with Crippen LogP contribution in [0.25, 0.3) is 0 Å². The summed E-state index contributed by atoms with van der Waals surface area (Å²) in [6.07, 6.45) is -4.62. The van der Waals surface area contributed by atoms with Crippen LogP contribution in [-0.4, -0.2) is 42.0 Å². The van der Waals surface area contributed by atoms with Crippen molar-refractivity contribution in [3.8, 4) is 6.07 Å². The number of piperazine rings is 1. The number of rotatable bonds is 3. The zero-order chi connectivity index (χ0) is 17.2. The quantitative estimate of drug-likeness (QED) is 0.630. The highest BCUT2D eigenvalue weighted by atomic mass is 19.4. The Morgan fingerprint density at radius 2 is 1.91 bits per heavy atom. The molecule has 9 heteroatoms. The highest BCUT2D eigenvalue weighted by Gasteiger charge is 2.34. The lowest BCUT2D eigenvalue weighted by Gasteiger charge is -2.36. The van der Waals surface area contributed by atoms with Gasteiger partial charge in [-0.1, -0.05) is 0 Å². The van der Waals surface area contributed by atoms with Gasteiger partial charge in [0.05, 0.1) is 22.6 Å². The van der Waals surface area contributed by atoms with Gasteiger partial charge in [-0.05, 0) is 19.1 Å². The molecule has 0 unspecified atom stereocenters. The summed E-state index contributed by atoms with van der Waals surface area (Å²) in [5.74, 6) is 0. The van der Waals surface area contributed by atoms with Crippen LogP contribution in [0, 0.1) is 21.4 Å². The molecule has 1 heterocycles. The number of hydrogen-bond acceptors (Lipinski definition) is 5. The van der Waals surface area contributed by atoms with Crippen molar-refractivity contribution >= 4 is 11.4 Å². The first-order valence-corrected chi connectivity index (χ1v) is 6.98. The van der Waals surface area contributed by atoms with Crippen molar-refractivity contribution in [3.05, 3.63) is 33.9 Å². The molecule has 1 fully saturated rings. The van der Waals surface area contributed by atoms with Crippen LogP contribution in [0.5, 0.6) is 0 Å². The summed E-state index contributed by atoms with van der Waals surface area (Å²) in [6, 6.07) is 4.42. The van der Waals surface area contributed by atoms with Crippen molar-refractivity contribution < 1.29 is 18.1 Å². The first kappa shape index (κ1) is 17.0. The van der Waals surface area contributed by atoms with E-state index >= 15 is 0 Å². The van der Waals surface area contributed by atoms with Gasteiger partial charge in [-0.15, -0.1) is 0 Å². The smallest absolute Gasteiger partial charge is 0.363 e. The Labute approximate surface area is 130 Å². The van der Waals surface area contributed by atoms with Gasteiger partial charge in [-0.3, -0.25) is 15.0 Å². The highest BCUT2D eigenvalue weighted by Crippen LogP contribution is 2.36. The molecule has 1 saturated heterocycles. The lowest BCUT2D eigenvalue weighted by Crippen LogP contribution is -2.49. The van der Waals surface area contributed by atoms with E-state index in [1.807, 2.05) is 4.90 Å². The maximum absolute atomic E-state index is 12.7. The Balaban J connectivity index is 2.24. The number of nitrogens with zero attached hydrogens (tertiary/aromatic N) is 4. The van der Waals surface area contributed by atoms with Crippen molar-refractivity contribution in [2.24, 2.45) is 0 Å². The first-order valence-electron chi connectivity index (χ1n) is 6.98. The van der Waals surface area contributed by atoms with E-state index in [0.29, 0.717) is 32.2 Å². The van der Waals surface area contributed by atoms with E-state index in [1.165, 1.54) is 0 Å². The van der Waals surface area contributed by atoms with Gasteiger partial charge in [-0.2, -0.15) is 18.4 Å². The van der Waals surface area contributed by atoms with Gasteiger partial charge in [0.25, 0.3) is 5.69 Å². The van der Waals surface area contributed by atoms with Crippen LogP contribution in [0.3, 0.4) is 0 Å². The fraction of sp³-hybridized carbons (Fsp3) is 0.500. The Morgan fingerprint density at radius 1 is 1.30 bits per heavy atom. The van der Waals surface area contributed by atoms with Gasteiger partial charge in [0, 0.05) is 32.2 Å². The topological polar surface area (TPSA) is 73.4 Å². The number of halogens is 3. The van der Waals surface area contributed by atoms with Crippen molar-refractivity contribution in [1.29, 1.82) is 5.26 Å². The Bertz CT molecular complexity index is 634. The molecular weight excluding hydrogens is 313 g/mol. The number of anilines is 1. The van der Waals surface area contributed by atoms with E-state index in [4.69, 9.17) is 5.26 Å². The normalized spacial score (nSPS) is 17.6. The standard InChI is InChI=1S/C14H15F3N4O2/c1-10(9-18)19-4-6-20(7-5-19)12-3-2-11(14(15,16)17)8-13(12)21(22)23/h2-3,8,10H,4-7H2,1H3/t10-/m0/s1. The summed E-state index contributed by atoms with van der Waals surface area (Å²) in [7, 11) is 0. The van der Waals surface area contributed by atoms with Crippen LogP contribution in [0.15, 0.2) is 18.2 Å². The molecule has 2 rings (SSSR count). The predicted octanol–water partition coefficient (Wildman–Crippen LogP) is 2.65. The molecule has 1 aromatic carbocycles. The second kappa shape index (κ2) is 6.42. The molecule has 124 valence electrons. The van der Waals surface area contributed by atoms with E-state index in [2.05, 4.69) is 6.07 Å². The summed E-state index contributed by atoms with van der Waals surface area (Å²) in [5.41, 5.74) is -1.42. The van der Waals surface area contributed by atoms with Gasteiger partial charge in [0.1, 0.15) is 5.69 Å². The molecule has 0 saturated carbocycles. The van der Waals surface area contributed by atoms with Gasteiger partial charge in [-0.25, -0.2) is 0 Å². The Morgan fingerprint density at radius 3 is 2.39 bits per heavy atom. The van der Waals surface area contributed by atoms with Crippen LogP contribution in [0.1, 0.15) is 12.5 Å². The summed E-state index contributed by atoms with van der Waals surface area (Å²) in [5, 5.41) is 20.0. The van der Waals surface area contributed by atoms with Gasteiger partial charge in [0.15, 0.2) is 0 Å². The fourth-order valence-corrected chi connectivity index (χ4v) is 2.55. The third kappa shape index (κ3) is 3.71. The molecule has 0 amide bonds. The lowest BCUT2D eigenvalue weighted by atomic mass is 10.1. The fourth-order valence-electron chi connectivity index (χ4n) is 2.55. The molecule has 0 N–H and O–H groups in total. The molecule has 0 bridgehead atoms. The predicted molar refractivity (Wildman–Crippen MR) is 77.0 cm³/mol. The lowest BCUT2D eigenvalue weighted by molar-refractivity contribution is -0.384. The summed E-state index contributed by atoms with van der Waals surface area (Å²) in [6.45, 7) is 3.63. The van der Waals surface area contributed by atoms with E-state index in [-0.39, 0.29) is 11.7 Å². The number of alkyl halides is 3. The SMILES string of the molecule is C[C@@H](C#N)N1CCN(c2ccc(C(F)(F)F)cc2[N+](=O)[O-])CC1. The van der Waals surface area contributed by atoms with Crippen molar-refractivity contribution in [2.75, 3.05) is 31.1 Å². The van der Waals surface area contributed by atoms with Crippen LogP contribution < -0.4 is 4.90 Å².